The van der Waals surface area contributed by atoms with E-state index in [4.69, 9.17) is 23.7 Å². The number of aliphatic hydroxyl groups excluding tert-OH is 3. The second-order valence-corrected chi connectivity index (χ2v) is 10.5. The Morgan fingerprint density at radius 2 is 1.46 bits per heavy atom. The molecule has 3 aromatic rings. The number of carboxylic acid groups (broad SMARTS) is 1. The molecule has 0 bridgehead atoms. The van der Waals surface area contributed by atoms with E-state index in [2.05, 4.69) is 39.6 Å². The lowest BCUT2D eigenvalue weighted by molar-refractivity contribution is -0.249. The molecule has 1 fully saturated rings. The van der Waals surface area contributed by atoms with Crippen LogP contribution in [-0.2, 0) is 36.8 Å². The quantitative estimate of drug-likeness (QED) is 0.110. The van der Waals surface area contributed by atoms with E-state index >= 15 is 0 Å². The van der Waals surface area contributed by atoms with Gasteiger partial charge in [0, 0.05) is 0 Å². The monoisotopic (exact) mass is 643 g/mol. The first kappa shape index (κ1) is 35.0. The Labute approximate surface area is 266 Å². The van der Waals surface area contributed by atoms with E-state index in [0.29, 0.717) is 44.5 Å². The van der Waals surface area contributed by atoms with Gasteiger partial charge in [-0.05, 0) is 54.8 Å². The van der Waals surface area contributed by atoms with Crippen molar-refractivity contribution < 1.29 is 48.9 Å². The number of hydrogen-bond acceptors (Lipinski definition) is 13. The van der Waals surface area contributed by atoms with Crippen LogP contribution >= 0.6 is 0 Å². The number of benzene rings is 2. The highest BCUT2D eigenvalue weighted by atomic mass is 16.6. The molecule has 0 spiro atoms. The first-order valence-corrected chi connectivity index (χ1v) is 15.2. The molecule has 1 aromatic heterocycles. The van der Waals surface area contributed by atoms with Crippen LogP contribution in [0, 0.1) is 0 Å². The van der Waals surface area contributed by atoms with Crippen molar-refractivity contribution in [2.24, 2.45) is 10.2 Å². The molecular formula is C31H41N5O10. The van der Waals surface area contributed by atoms with Crippen molar-refractivity contribution in [3.63, 3.8) is 0 Å². The Morgan fingerprint density at radius 1 is 0.848 bits per heavy atom. The molecule has 0 radical (unpaired) electrons. The summed E-state index contributed by atoms with van der Waals surface area (Å²) in [6.07, 6.45) is -3.38. The van der Waals surface area contributed by atoms with Gasteiger partial charge in [-0.3, -0.25) is 0 Å². The van der Waals surface area contributed by atoms with Gasteiger partial charge in [-0.1, -0.05) is 30.7 Å². The molecule has 5 atom stereocenters. The minimum absolute atomic E-state index is 0.0738. The van der Waals surface area contributed by atoms with Gasteiger partial charge in [0.2, 0.25) is 0 Å². The van der Waals surface area contributed by atoms with Crippen LogP contribution in [0.25, 0.3) is 0 Å². The summed E-state index contributed by atoms with van der Waals surface area (Å²) in [7, 11) is 0. The normalized spacial score (nSPS) is 21.5. The minimum atomic E-state index is -1.79. The number of carboxylic acids is 1. The fourth-order valence-electron chi connectivity index (χ4n) is 4.46. The number of nitrogens with zero attached hydrogens (tertiary/aromatic N) is 5. The summed E-state index contributed by atoms with van der Waals surface area (Å²) < 4.78 is 28.5. The van der Waals surface area contributed by atoms with Crippen LogP contribution < -0.4 is 4.74 Å². The molecule has 46 heavy (non-hydrogen) atoms. The molecule has 1 saturated heterocycles. The van der Waals surface area contributed by atoms with Crippen molar-refractivity contribution in [2.45, 2.75) is 63.4 Å². The van der Waals surface area contributed by atoms with Crippen molar-refractivity contribution in [1.82, 2.24) is 15.0 Å². The van der Waals surface area contributed by atoms with Gasteiger partial charge in [0.25, 0.3) is 0 Å². The fraction of sp³-hybridized carbons (Fsp3) is 0.516. The van der Waals surface area contributed by atoms with Gasteiger partial charge in [-0.15, -0.1) is 5.10 Å². The van der Waals surface area contributed by atoms with E-state index in [1.165, 1.54) is 24.6 Å². The van der Waals surface area contributed by atoms with Gasteiger partial charge in [0.1, 0.15) is 36.4 Å². The van der Waals surface area contributed by atoms with Crippen LogP contribution in [0.15, 0.2) is 65.0 Å². The Kier molecular flexibility index (Phi) is 14.0. The highest BCUT2D eigenvalue weighted by Gasteiger charge is 2.48. The van der Waals surface area contributed by atoms with E-state index in [0.717, 1.165) is 22.5 Å². The molecule has 15 nitrogen and oxygen atoms in total. The molecule has 15 heteroatoms. The Hall–Kier alpha value is -3.83. The van der Waals surface area contributed by atoms with Crippen molar-refractivity contribution in [1.29, 1.82) is 0 Å². The van der Waals surface area contributed by atoms with E-state index in [1.807, 2.05) is 36.4 Å². The van der Waals surface area contributed by atoms with Crippen LogP contribution in [0.3, 0.4) is 0 Å². The van der Waals surface area contributed by atoms with Crippen LogP contribution in [-0.4, -0.2) is 105 Å². The number of ether oxygens (including phenoxy) is 5. The lowest BCUT2D eigenvalue weighted by atomic mass is 9.98. The van der Waals surface area contributed by atoms with Gasteiger partial charge in [-0.25, -0.2) is 9.48 Å². The van der Waals surface area contributed by atoms with Crippen molar-refractivity contribution >= 4 is 17.3 Å². The number of aliphatic hydroxyl groups is 3. The van der Waals surface area contributed by atoms with Gasteiger partial charge in [0.05, 0.1) is 57.2 Å². The zero-order chi connectivity index (χ0) is 32.7. The average molecular weight is 644 g/mol. The van der Waals surface area contributed by atoms with Gasteiger partial charge < -0.3 is 44.1 Å². The lowest BCUT2D eigenvalue weighted by Crippen LogP contribution is -2.57. The number of rotatable bonds is 19. The number of azo groups is 1. The number of hydrogen-bond donors (Lipinski definition) is 4. The molecule has 1 aliphatic rings. The highest BCUT2D eigenvalue weighted by Crippen LogP contribution is 2.28. The predicted octanol–water partition coefficient (Wildman–Crippen LogP) is 2.73. The smallest absolute Gasteiger partial charge is 0.335 e. The summed E-state index contributed by atoms with van der Waals surface area (Å²) in [5.74, 6) is -0.772. The van der Waals surface area contributed by atoms with Gasteiger partial charge in [-0.2, -0.15) is 10.2 Å². The zero-order valence-corrected chi connectivity index (χ0v) is 25.6. The zero-order valence-electron chi connectivity index (χ0n) is 25.6. The molecule has 2 aromatic carbocycles. The maximum Gasteiger partial charge on any atom is 0.335 e. The van der Waals surface area contributed by atoms with Gasteiger partial charge >= 0.3 is 5.97 Å². The third-order valence-corrected chi connectivity index (χ3v) is 7.01. The van der Waals surface area contributed by atoms with E-state index < -0.39 is 36.6 Å². The maximum atomic E-state index is 11.3. The second-order valence-electron chi connectivity index (χ2n) is 10.5. The first-order valence-electron chi connectivity index (χ1n) is 15.2. The summed E-state index contributed by atoms with van der Waals surface area (Å²) in [5.41, 5.74) is 3.24. The van der Waals surface area contributed by atoms with Crippen LogP contribution in [0.4, 0.5) is 11.4 Å². The number of aliphatic carboxylic acids is 1. The Morgan fingerprint density at radius 3 is 2.09 bits per heavy atom. The van der Waals surface area contributed by atoms with Crippen molar-refractivity contribution in [3.8, 4) is 5.75 Å². The summed E-state index contributed by atoms with van der Waals surface area (Å²) in [6, 6.07) is 15.5. The van der Waals surface area contributed by atoms with E-state index in [1.54, 1.807) is 0 Å². The number of aromatic nitrogens is 3. The molecular weight excluding hydrogens is 602 g/mol. The first-order chi connectivity index (χ1) is 22.4. The average Bonchev–Trinajstić information content (AvgIpc) is 3.53. The number of aryl methyl sites for hydroxylation is 1. The lowest BCUT2D eigenvalue weighted by Gasteiger charge is -2.38. The summed E-state index contributed by atoms with van der Waals surface area (Å²) in [6.45, 7) is 4.38. The summed E-state index contributed by atoms with van der Waals surface area (Å²) >= 11 is 0. The standard InChI is InChI=1S/C31H41N5O10/c1-2-3-4-21-5-7-22(8-6-21)32-33-23-9-11-25(12-10-23)45-18-17-43-14-13-42-15-16-44-20-24-19-36(35-34-24)30-28(39)26(37)27(38)29(46-30)31(40)41/h5-12,19,26-30,37-39H,2-4,13-18,20H2,1H3,(H,40,41)/t26-,27-,28+,29-,30+/m0/s1. The molecule has 2 heterocycles. The third-order valence-electron chi connectivity index (χ3n) is 7.01. The Balaban J connectivity index is 1.02. The second kappa shape index (κ2) is 18.3. The third kappa shape index (κ3) is 10.6. The van der Waals surface area contributed by atoms with E-state index in [9.17, 15) is 25.2 Å². The van der Waals surface area contributed by atoms with Crippen molar-refractivity contribution in [3.05, 3.63) is 66.0 Å². The minimum Gasteiger partial charge on any atom is -0.491 e. The van der Waals surface area contributed by atoms with Crippen molar-refractivity contribution in [2.75, 3.05) is 39.6 Å². The molecule has 0 saturated carbocycles. The topological polar surface area (TPSA) is 200 Å². The molecule has 0 unspecified atom stereocenters. The Bertz CT molecular complexity index is 1350. The number of carbonyl (C=O) groups is 1. The fourth-order valence-corrected chi connectivity index (χ4v) is 4.46. The molecule has 1 aliphatic heterocycles. The summed E-state index contributed by atoms with van der Waals surface area (Å²) in [5, 5.41) is 55.4. The van der Waals surface area contributed by atoms with Crippen LogP contribution in [0.1, 0.15) is 37.3 Å². The summed E-state index contributed by atoms with van der Waals surface area (Å²) in [4.78, 5) is 11.3. The van der Waals surface area contributed by atoms with Crippen LogP contribution in [0.5, 0.6) is 5.75 Å². The molecule has 0 amide bonds. The predicted molar refractivity (Wildman–Crippen MR) is 162 cm³/mol. The van der Waals surface area contributed by atoms with Crippen LogP contribution in [0.2, 0.25) is 0 Å². The molecule has 4 rings (SSSR count). The molecule has 4 N–H and O–H groups in total. The maximum absolute atomic E-state index is 11.3. The highest BCUT2D eigenvalue weighted by molar-refractivity contribution is 5.73. The molecule has 250 valence electrons. The van der Waals surface area contributed by atoms with Gasteiger partial charge in [0.15, 0.2) is 12.3 Å². The molecule has 0 aliphatic carbocycles. The largest absolute Gasteiger partial charge is 0.491 e. The SMILES string of the molecule is CCCCc1ccc(N=Nc2ccc(OCCOCCOCCOCc3cn([C@@H]4O[C@H](C(=O)O)[C@@H](O)[C@H](O)[C@H]4O)nn3)cc2)cc1. The number of unbranched alkanes of at least 4 members (excludes halogenated alkanes) is 1. The van der Waals surface area contributed by atoms with E-state index in [-0.39, 0.29) is 13.2 Å².